The molecule has 27 heavy (non-hydrogen) atoms. The lowest BCUT2D eigenvalue weighted by Gasteiger charge is -2.07. The van der Waals surface area contributed by atoms with Crippen molar-refractivity contribution in [1.82, 2.24) is 10.3 Å². The molecule has 142 valence electrons. The molecule has 0 saturated carbocycles. The number of benzene rings is 1. The van der Waals surface area contributed by atoms with Crippen LogP contribution in [-0.4, -0.2) is 29.7 Å². The summed E-state index contributed by atoms with van der Waals surface area (Å²) in [6.45, 7) is 1.31. The molecule has 0 aliphatic carbocycles. The van der Waals surface area contributed by atoms with Gasteiger partial charge in [0.1, 0.15) is 11.5 Å². The van der Waals surface area contributed by atoms with Gasteiger partial charge in [-0.05, 0) is 25.1 Å². The standard InChI is InChI=1S/C16H12F3N3O4S/c1-8-10(4-5-25-8)14(24)20-7-13(23)22-15-21-11-3-2-9(6-12(11)27-15)26-16(17,18)19/h2-6H,7H2,1H3,(H,20,24)(H,21,22,23). The van der Waals surface area contributed by atoms with Gasteiger partial charge in [0.15, 0.2) is 5.13 Å². The molecule has 11 heteroatoms. The molecule has 2 amide bonds. The van der Waals surface area contributed by atoms with Gasteiger partial charge in [0, 0.05) is 6.07 Å². The summed E-state index contributed by atoms with van der Waals surface area (Å²) < 4.78 is 46.1. The highest BCUT2D eigenvalue weighted by Crippen LogP contribution is 2.31. The highest BCUT2D eigenvalue weighted by molar-refractivity contribution is 7.22. The van der Waals surface area contributed by atoms with Crippen LogP contribution in [-0.2, 0) is 4.79 Å². The zero-order chi connectivity index (χ0) is 19.6. The predicted octanol–water partition coefficient (Wildman–Crippen LogP) is 3.46. The summed E-state index contributed by atoms with van der Waals surface area (Å²) in [6, 6.07) is 5.15. The minimum atomic E-state index is -4.79. The van der Waals surface area contributed by atoms with E-state index in [1.165, 1.54) is 24.5 Å². The lowest BCUT2D eigenvalue weighted by atomic mass is 10.2. The van der Waals surface area contributed by atoms with Gasteiger partial charge in [-0.25, -0.2) is 4.98 Å². The number of furan rings is 1. The second kappa shape index (κ2) is 7.27. The number of aryl methyl sites for hydroxylation is 1. The zero-order valence-electron chi connectivity index (χ0n) is 13.7. The fourth-order valence-corrected chi connectivity index (χ4v) is 3.11. The van der Waals surface area contributed by atoms with Crippen molar-refractivity contribution in [2.75, 3.05) is 11.9 Å². The van der Waals surface area contributed by atoms with Crippen molar-refractivity contribution in [2.45, 2.75) is 13.3 Å². The molecule has 0 bridgehead atoms. The number of hydrogen-bond acceptors (Lipinski definition) is 6. The van der Waals surface area contributed by atoms with Crippen LogP contribution in [0.25, 0.3) is 10.2 Å². The number of nitrogens with zero attached hydrogens (tertiary/aromatic N) is 1. The third-order valence-corrected chi connectivity index (χ3v) is 4.29. The van der Waals surface area contributed by atoms with Crippen LogP contribution in [0.3, 0.4) is 0 Å². The van der Waals surface area contributed by atoms with E-state index < -0.39 is 18.2 Å². The van der Waals surface area contributed by atoms with E-state index in [4.69, 9.17) is 4.42 Å². The van der Waals surface area contributed by atoms with E-state index in [9.17, 15) is 22.8 Å². The van der Waals surface area contributed by atoms with E-state index in [2.05, 4.69) is 20.4 Å². The molecular weight excluding hydrogens is 387 g/mol. The number of amides is 2. The molecule has 0 spiro atoms. The number of thiazole rings is 1. The fourth-order valence-electron chi connectivity index (χ4n) is 2.20. The molecule has 0 saturated heterocycles. The highest BCUT2D eigenvalue weighted by Gasteiger charge is 2.31. The third kappa shape index (κ3) is 4.76. The van der Waals surface area contributed by atoms with Gasteiger partial charge in [-0.3, -0.25) is 9.59 Å². The predicted molar refractivity (Wildman–Crippen MR) is 90.7 cm³/mol. The molecule has 0 aliphatic heterocycles. The number of carbonyl (C=O) groups excluding carboxylic acids is 2. The van der Waals surface area contributed by atoms with Gasteiger partial charge in [0.25, 0.3) is 5.91 Å². The van der Waals surface area contributed by atoms with Crippen molar-refractivity contribution in [3.05, 3.63) is 41.9 Å². The van der Waals surface area contributed by atoms with Gasteiger partial charge in [-0.2, -0.15) is 0 Å². The summed E-state index contributed by atoms with van der Waals surface area (Å²) in [5, 5.41) is 5.10. The molecule has 1 aromatic carbocycles. The average Bonchev–Trinajstić information content (AvgIpc) is 3.16. The van der Waals surface area contributed by atoms with Crippen molar-refractivity contribution < 1.29 is 31.9 Å². The first-order chi connectivity index (χ1) is 12.7. The second-order valence-electron chi connectivity index (χ2n) is 5.32. The Balaban J connectivity index is 1.61. The van der Waals surface area contributed by atoms with Crippen LogP contribution in [0.2, 0.25) is 0 Å². The highest BCUT2D eigenvalue weighted by atomic mass is 32.1. The summed E-state index contributed by atoms with van der Waals surface area (Å²) in [5.74, 6) is -0.944. The lowest BCUT2D eigenvalue weighted by molar-refractivity contribution is -0.274. The van der Waals surface area contributed by atoms with E-state index in [0.29, 0.717) is 21.5 Å². The van der Waals surface area contributed by atoms with E-state index in [0.717, 1.165) is 17.4 Å². The molecule has 3 rings (SSSR count). The Bertz CT molecular complexity index is 996. The van der Waals surface area contributed by atoms with Crippen LogP contribution in [0, 0.1) is 6.92 Å². The van der Waals surface area contributed by atoms with Crippen molar-refractivity contribution >= 4 is 38.5 Å². The Morgan fingerprint density at radius 2 is 2.07 bits per heavy atom. The number of fused-ring (bicyclic) bond motifs is 1. The van der Waals surface area contributed by atoms with Crippen LogP contribution in [0.15, 0.2) is 34.9 Å². The first-order valence-corrected chi connectivity index (χ1v) is 8.31. The Hall–Kier alpha value is -3.08. The van der Waals surface area contributed by atoms with Gasteiger partial charge in [0.05, 0.1) is 28.6 Å². The number of carbonyl (C=O) groups is 2. The van der Waals surface area contributed by atoms with Gasteiger partial charge in [-0.1, -0.05) is 11.3 Å². The molecule has 0 unspecified atom stereocenters. The SMILES string of the molecule is Cc1occc1C(=O)NCC(=O)Nc1nc2ccc(OC(F)(F)F)cc2s1. The number of anilines is 1. The van der Waals surface area contributed by atoms with Crippen LogP contribution in [0.4, 0.5) is 18.3 Å². The quantitative estimate of drug-likeness (QED) is 0.685. The van der Waals surface area contributed by atoms with Crippen LogP contribution in [0.5, 0.6) is 5.75 Å². The van der Waals surface area contributed by atoms with Crippen LogP contribution < -0.4 is 15.4 Å². The van der Waals surface area contributed by atoms with Crippen LogP contribution in [0.1, 0.15) is 16.1 Å². The van der Waals surface area contributed by atoms with Gasteiger partial charge in [-0.15, -0.1) is 13.2 Å². The van der Waals surface area contributed by atoms with Crippen molar-refractivity contribution in [2.24, 2.45) is 0 Å². The van der Waals surface area contributed by atoms with E-state index >= 15 is 0 Å². The van der Waals surface area contributed by atoms with E-state index in [1.807, 2.05) is 0 Å². The molecule has 0 aliphatic rings. The van der Waals surface area contributed by atoms with E-state index in [-0.39, 0.29) is 17.4 Å². The summed E-state index contributed by atoms with van der Waals surface area (Å²) >= 11 is 0.982. The topological polar surface area (TPSA) is 93.5 Å². The number of nitrogens with one attached hydrogen (secondary N) is 2. The maximum atomic E-state index is 12.3. The number of halogens is 3. The molecular formula is C16H12F3N3O4S. The molecule has 0 fully saturated rings. The first-order valence-electron chi connectivity index (χ1n) is 7.50. The second-order valence-corrected chi connectivity index (χ2v) is 6.35. The van der Waals surface area contributed by atoms with Gasteiger partial charge >= 0.3 is 6.36 Å². The summed E-state index contributed by atoms with van der Waals surface area (Å²) in [7, 11) is 0. The fraction of sp³-hybridized carbons (Fsp3) is 0.188. The molecule has 0 atom stereocenters. The Labute approximate surface area is 154 Å². The lowest BCUT2D eigenvalue weighted by Crippen LogP contribution is -2.32. The maximum absolute atomic E-state index is 12.3. The number of alkyl halides is 3. The average molecular weight is 399 g/mol. The number of rotatable bonds is 5. The minimum Gasteiger partial charge on any atom is -0.469 e. The van der Waals surface area contributed by atoms with Gasteiger partial charge in [0.2, 0.25) is 5.91 Å². The molecule has 2 aromatic heterocycles. The molecule has 2 N–H and O–H groups in total. The maximum Gasteiger partial charge on any atom is 0.573 e. The number of ether oxygens (including phenoxy) is 1. The normalized spacial score (nSPS) is 11.4. The van der Waals surface area contributed by atoms with Crippen molar-refractivity contribution in [1.29, 1.82) is 0 Å². The minimum absolute atomic E-state index is 0.188. The summed E-state index contributed by atoms with van der Waals surface area (Å²) in [5.41, 5.74) is 0.725. The Kier molecular flexibility index (Phi) is 5.04. The molecule has 3 aromatic rings. The zero-order valence-corrected chi connectivity index (χ0v) is 14.5. The van der Waals surface area contributed by atoms with E-state index in [1.54, 1.807) is 6.92 Å². The first kappa shape index (κ1) is 18.7. The summed E-state index contributed by atoms with van der Waals surface area (Å²) in [4.78, 5) is 28.0. The number of aromatic nitrogens is 1. The molecule has 0 radical (unpaired) electrons. The number of hydrogen-bond donors (Lipinski definition) is 2. The summed E-state index contributed by atoms with van der Waals surface area (Å²) in [6.07, 6.45) is -3.43. The molecule has 7 nitrogen and oxygen atoms in total. The largest absolute Gasteiger partial charge is 0.573 e. The van der Waals surface area contributed by atoms with Gasteiger partial charge < -0.3 is 19.8 Å². The Morgan fingerprint density at radius 3 is 2.74 bits per heavy atom. The van der Waals surface area contributed by atoms with Crippen LogP contribution >= 0.6 is 11.3 Å². The molecule has 2 heterocycles. The Morgan fingerprint density at radius 1 is 1.30 bits per heavy atom. The van der Waals surface area contributed by atoms with Crippen molar-refractivity contribution in [3.63, 3.8) is 0 Å². The smallest absolute Gasteiger partial charge is 0.469 e. The third-order valence-electron chi connectivity index (χ3n) is 3.35. The monoisotopic (exact) mass is 399 g/mol. The van der Waals surface area contributed by atoms with Crippen molar-refractivity contribution in [3.8, 4) is 5.75 Å².